The lowest BCUT2D eigenvalue weighted by Crippen LogP contribution is -2.23. The van der Waals surface area contributed by atoms with Gasteiger partial charge in [0, 0.05) is 30.4 Å². The molecule has 0 atom stereocenters. The highest BCUT2D eigenvalue weighted by molar-refractivity contribution is 5.99. The van der Waals surface area contributed by atoms with Crippen LogP contribution in [0.25, 0.3) is 16.9 Å². The van der Waals surface area contributed by atoms with E-state index in [1.807, 2.05) is 60.4 Å². The molecule has 1 amide bonds. The second-order valence-corrected chi connectivity index (χ2v) is 7.27. The first kappa shape index (κ1) is 18.2. The second kappa shape index (κ2) is 7.18. The van der Waals surface area contributed by atoms with Gasteiger partial charge in [-0.15, -0.1) is 5.10 Å². The number of amides is 1. The summed E-state index contributed by atoms with van der Waals surface area (Å²) in [6, 6.07) is 18.9. The van der Waals surface area contributed by atoms with Crippen LogP contribution in [0, 0.1) is 12.9 Å². The van der Waals surface area contributed by atoms with E-state index >= 15 is 0 Å². The van der Waals surface area contributed by atoms with Gasteiger partial charge in [-0.1, -0.05) is 41.6 Å². The van der Waals surface area contributed by atoms with Crippen molar-refractivity contribution in [2.24, 2.45) is 0 Å². The highest BCUT2D eigenvalue weighted by Gasteiger charge is 2.28. The van der Waals surface area contributed by atoms with Crippen molar-refractivity contribution < 1.29 is 9.18 Å². The summed E-state index contributed by atoms with van der Waals surface area (Å²) in [4.78, 5) is 18.3. The molecule has 0 bridgehead atoms. The van der Waals surface area contributed by atoms with Crippen molar-refractivity contribution in [2.75, 3.05) is 0 Å². The molecule has 0 spiro atoms. The Kier molecular flexibility index (Phi) is 4.35. The SMILES string of the molecule is Cc1c(-c2ccc3c(c2)CN(Cc2ccccc2)C3=O)nnn1-c1cccnc1F. The van der Waals surface area contributed by atoms with Crippen LogP contribution in [0.5, 0.6) is 0 Å². The predicted molar refractivity (Wildman–Crippen MR) is 109 cm³/mol. The van der Waals surface area contributed by atoms with Gasteiger partial charge in [0.15, 0.2) is 0 Å². The number of carbonyl (C=O) groups excluding carboxylic acids is 1. The summed E-state index contributed by atoms with van der Waals surface area (Å²) >= 11 is 0. The number of carbonyl (C=O) groups is 1. The summed E-state index contributed by atoms with van der Waals surface area (Å²) in [7, 11) is 0. The molecular weight excluding hydrogens is 381 g/mol. The van der Waals surface area contributed by atoms with Crippen molar-refractivity contribution >= 4 is 5.91 Å². The van der Waals surface area contributed by atoms with E-state index < -0.39 is 5.95 Å². The van der Waals surface area contributed by atoms with Crippen molar-refractivity contribution in [1.29, 1.82) is 0 Å². The number of rotatable bonds is 4. The molecule has 2 aromatic heterocycles. The number of hydrogen-bond donors (Lipinski definition) is 0. The third kappa shape index (κ3) is 3.04. The first-order valence-corrected chi connectivity index (χ1v) is 9.61. The number of nitrogens with zero attached hydrogens (tertiary/aromatic N) is 5. The van der Waals surface area contributed by atoms with Crippen molar-refractivity contribution in [3.05, 3.63) is 95.2 Å². The van der Waals surface area contributed by atoms with Gasteiger partial charge >= 0.3 is 0 Å². The molecular formula is C23H18FN5O. The normalized spacial score (nSPS) is 13.0. The molecule has 4 aromatic rings. The molecule has 0 unspecified atom stereocenters. The molecule has 0 saturated heterocycles. The van der Waals surface area contributed by atoms with Gasteiger partial charge < -0.3 is 4.90 Å². The van der Waals surface area contributed by atoms with Crippen LogP contribution in [0.2, 0.25) is 0 Å². The van der Waals surface area contributed by atoms with E-state index in [1.54, 1.807) is 12.1 Å². The summed E-state index contributed by atoms with van der Waals surface area (Å²) in [6.07, 6.45) is 1.39. The summed E-state index contributed by atoms with van der Waals surface area (Å²) in [6.45, 7) is 2.95. The quantitative estimate of drug-likeness (QED) is 0.488. The topological polar surface area (TPSA) is 63.9 Å². The zero-order valence-corrected chi connectivity index (χ0v) is 16.3. The highest BCUT2D eigenvalue weighted by Crippen LogP contribution is 2.30. The molecule has 0 fully saturated rings. The molecule has 3 heterocycles. The third-order valence-electron chi connectivity index (χ3n) is 5.34. The molecule has 0 N–H and O–H groups in total. The van der Waals surface area contributed by atoms with Gasteiger partial charge in [-0.25, -0.2) is 9.67 Å². The van der Waals surface area contributed by atoms with Crippen LogP contribution in [0.3, 0.4) is 0 Å². The van der Waals surface area contributed by atoms with E-state index in [2.05, 4.69) is 15.3 Å². The highest BCUT2D eigenvalue weighted by atomic mass is 19.1. The van der Waals surface area contributed by atoms with Gasteiger partial charge in [0.25, 0.3) is 5.91 Å². The Balaban J connectivity index is 1.45. The summed E-state index contributed by atoms with van der Waals surface area (Å²) in [5, 5.41) is 8.37. The monoisotopic (exact) mass is 399 g/mol. The fourth-order valence-corrected chi connectivity index (χ4v) is 3.82. The van der Waals surface area contributed by atoms with E-state index in [4.69, 9.17) is 0 Å². The lowest BCUT2D eigenvalue weighted by atomic mass is 10.0. The maximum atomic E-state index is 14.1. The molecule has 1 aliphatic heterocycles. The smallest absolute Gasteiger partial charge is 0.254 e. The molecule has 1 aliphatic rings. The Morgan fingerprint density at radius 3 is 2.70 bits per heavy atom. The molecule has 7 heteroatoms. The fraction of sp³-hybridized carbons (Fsp3) is 0.130. The van der Waals surface area contributed by atoms with E-state index in [0.717, 1.165) is 16.7 Å². The lowest BCUT2D eigenvalue weighted by Gasteiger charge is -2.15. The van der Waals surface area contributed by atoms with Crippen LogP contribution in [-0.4, -0.2) is 30.8 Å². The molecule has 0 radical (unpaired) electrons. The summed E-state index contributed by atoms with van der Waals surface area (Å²) in [5.74, 6) is -0.577. The lowest BCUT2D eigenvalue weighted by molar-refractivity contribution is 0.0766. The van der Waals surface area contributed by atoms with Crippen LogP contribution in [-0.2, 0) is 13.1 Å². The van der Waals surface area contributed by atoms with Crippen molar-refractivity contribution in [3.63, 3.8) is 0 Å². The van der Waals surface area contributed by atoms with E-state index in [0.29, 0.717) is 30.0 Å². The minimum Gasteiger partial charge on any atom is -0.330 e. The Morgan fingerprint density at radius 2 is 1.90 bits per heavy atom. The fourth-order valence-electron chi connectivity index (χ4n) is 3.82. The van der Waals surface area contributed by atoms with Crippen LogP contribution in [0.1, 0.15) is 27.2 Å². The summed E-state index contributed by atoms with van der Waals surface area (Å²) < 4.78 is 15.5. The standard InChI is InChI=1S/C23H18FN5O/c1-15-21(26-27-29(15)20-8-5-11-25-22(20)24)17-9-10-19-18(12-17)14-28(23(19)30)13-16-6-3-2-4-7-16/h2-12H,13-14H2,1H3. The maximum Gasteiger partial charge on any atom is 0.254 e. The van der Waals surface area contributed by atoms with E-state index in [-0.39, 0.29) is 11.6 Å². The molecule has 148 valence electrons. The Labute approximate surface area is 172 Å². The molecule has 0 saturated carbocycles. The summed E-state index contributed by atoms with van der Waals surface area (Å²) in [5.41, 5.74) is 5.20. The average molecular weight is 399 g/mol. The van der Waals surface area contributed by atoms with Gasteiger partial charge in [0.05, 0.1) is 5.69 Å². The van der Waals surface area contributed by atoms with Gasteiger partial charge in [-0.2, -0.15) is 4.39 Å². The zero-order chi connectivity index (χ0) is 20.7. The molecule has 0 aliphatic carbocycles. The minimum absolute atomic E-state index is 0.0261. The molecule has 2 aromatic carbocycles. The van der Waals surface area contributed by atoms with Crippen LogP contribution >= 0.6 is 0 Å². The van der Waals surface area contributed by atoms with E-state index in [9.17, 15) is 9.18 Å². The largest absolute Gasteiger partial charge is 0.330 e. The van der Waals surface area contributed by atoms with Crippen molar-refractivity contribution in [3.8, 4) is 16.9 Å². The zero-order valence-electron chi connectivity index (χ0n) is 16.3. The first-order chi connectivity index (χ1) is 14.6. The van der Waals surface area contributed by atoms with Crippen LogP contribution in [0.15, 0.2) is 66.9 Å². The number of pyridine rings is 1. The van der Waals surface area contributed by atoms with E-state index in [1.165, 1.54) is 10.9 Å². The van der Waals surface area contributed by atoms with Gasteiger partial charge in [0.1, 0.15) is 11.4 Å². The number of hydrogen-bond acceptors (Lipinski definition) is 4. The maximum absolute atomic E-state index is 14.1. The van der Waals surface area contributed by atoms with Crippen molar-refractivity contribution in [1.82, 2.24) is 24.9 Å². The minimum atomic E-state index is -0.604. The molecule has 30 heavy (non-hydrogen) atoms. The Hall–Kier alpha value is -3.87. The Morgan fingerprint density at radius 1 is 1.07 bits per heavy atom. The van der Waals surface area contributed by atoms with Crippen molar-refractivity contribution in [2.45, 2.75) is 20.0 Å². The average Bonchev–Trinajstić information content (AvgIpc) is 3.29. The van der Waals surface area contributed by atoms with Gasteiger partial charge in [0.2, 0.25) is 5.95 Å². The molecule has 6 nitrogen and oxygen atoms in total. The predicted octanol–water partition coefficient (Wildman–Crippen LogP) is 3.93. The number of fused-ring (bicyclic) bond motifs is 1. The second-order valence-electron chi connectivity index (χ2n) is 7.27. The number of benzene rings is 2. The van der Waals surface area contributed by atoms with Gasteiger partial charge in [-0.3, -0.25) is 4.79 Å². The molecule has 5 rings (SSSR count). The number of halogens is 1. The van der Waals surface area contributed by atoms with Crippen LogP contribution < -0.4 is 0 Å². The third-order valence-corrected chi connectivity index (χ3v) is 5.34. The Bertz CT molecular complexity index is 1250. The van der Waals surface area contributed by atoms with Gasteiger partial charge in [-0.05, 0) is 42.3 Å². The number of aromatic nitrogens is 4. The van der Waals surface area contributed by atoms with Crippen LogP contribution in [0.4, 0.5) is 4.39 Å². The first-order valence-electron chi connectivity index (χ1n) is 9.61.